The van der Waals surface area contributed by atoms with E-state index in [-0.39, 0.29) is 30.9 Å². The highest BCUT2D eigenvalue weighted by molar-refractivity contribution is 5.85. The van der Waals surface area contributed by atoms with Crippen molar-refractivity contribution >= 4 is 18.3 Å². The summed E-state index contributed by atoms with van der Waals surface area (Å²) in [5.41, 5.74) is 1.11. The van der Waals surface area contributed by atoms with Gasteiger partial charge < -0.3 is 15.2 Å². The topological polar surface area (TPSA) is 80.0 Å². The molecule has 1 heterocycles. The van der Waals surface area contributed by atoms with Gasteiger partial charge in [0.2, 0.25) is 11.8 Å². The van der Waals surface area contributed by atoms with Gasteiger partial charge in [-0.25, -0.2) is 0 Å². The third kappa shape index (κ3) is 5.17. The van der Waals surface area contributed by atoms with Crippen LogP contribution in [0, 0.1) is 0 Å². The molecule has 1 aromatic carbocycles. The number of benzene rings is 1. The maximum Gasteiger partial charge on any atom is 0.234 e. The number of aromatic nitrogens is 2. The second-order valence-electron chi connectivity index (χ2n) is 4.53. The van der Waals surface area contributed by atoms with Crippen molar-refractivity contribution in [1.82, 2.24) is 20.8 Å². The highest BCUT2D eigenvalue weighted by Gasteiger charge is 2.15. The van der Waals surface area contributed by atoms with E-state index in [1.54, 1.807) is 7.05 Å². The minimum absolute atomic E-state index is 0. The Morgan fingerprint density at radius 1 is 1.33 bits per heavy atom. The lowest BCUT2D eigenvalue weighted by Gasteiger charge is -2.09. The minimum Gasteiger partial charge on any atom is -0.345 e. The second kappa shape index (κ2) is 8.39. The molecular formula is C14H19ClN4O2. The van der Waals surface area contributed by atoms with Gasteiger partial charge in [-0.3, -0.25) is 4.79 Å². The van der Waals surface area contributed by atoms with Gasteiger partial charge in [-0.05, 0) is 19.5 Å². The summed E-state index contributed by atoms with van der Waals surface area (Å²) in [7, 11) is 1.72. The van der Waals surface area contributed by atoms with E-state index in [0.29, 0.717) is 18.1 Å². The lowest BCUT2D eigenvalue weighted by molar-refractivity contribution is -0.120. The van der Waals surface area contributed by atoms with E-state index in [0.717, 1.165) is 5.56 Å². The highest BCUT2D eigenvalue weighted by atomic mass is 35.5. The molecule has 0 fully saturated rings. The molecule has 0 aliphatic carbocycles. The number of amides is 1. The van der Waals surface area contributed by atoms with E-state index in [2.05, 4.69) is 20.8 Å². The third-order valence-corrected chi connectivity index (χ3v) is 2.78. The monoisotopic (exact) mass is 310 g/mol. The molecule has 0 aliphatic rings. The Morgan fingerprint density at radius 2 is 2.05 bits per heavy atom. The van der Waals surface area contributed by atoms with Crippen molar-refractivity contribution in [2.45, 2.75) is 19.4 Å². The summed E-state index contributed by atoms with van der Waals surface area (Å²) >= 11 is 0. The van der Waals surface area contributed by atoms with Gasteiger partial charge in [-0.1, -0.05) is 35.5 Å². The van der Waals surface area contributed by atoms with E-state index in [1.165, 1.54) is 0 Å². The van der Waals surface area contributed by atoms with Crippen LogP contribution in [0.15, 0.2) is 34.9 Å². The standard InChI is InChI=1S/C14H18N4O2.ClH/c1-10(16-12(19)9-15-2)14-17-13(20-18-14)8-11-6-4-3-5-7-11;/h3-7,10,15H,8-9H2,1-2H3,(H,16,19);1H. The van der Waals surface area contributed by atoms with Crippen molar-refractivity contribution in [1.29, 1.82) is 0 Å². The molecule has 0 saturated carbocycles. The molecule has 2 rings (SSSR count). The number of rotatable bonds is 6. The van der Waals surface area contributed by atoms with Crippen molar-refractivity contribution in [2.75, 3.05) is 13.6 Å². The largest absolute Gasteiger partial charge is 0.345 e. The summed E-state index contributed by atoms with van der Waals surface area (Å²) in [6.07, 6.45) is 0.588. The molecule has 7 heteroatoms. The summed E-state index contributed by atoms with van der Waals surface area (Å²) in [5, 5.41) is 9.48. The molecule has 1 aromatic heterocycles. The number of hydrogen-bond donors (Lipinski definition) is 2. The smallest absolute Gasteiger partial charge is 0.234 e. The Hall–Kier alpha value is -1.92. The molecule has 0 spiro atoms. The average molecular weight is 311 g/mol. The first-order valence-corrected chi connectivity index (χ1v) is 6.49. The molecular weight excluding hydrogens is 292 g/mol. The van der Waals surface area contributed by atoms with Gasteiger partial charge in [0.05, 0.1) is 19.0 Å². The van der Waals surface area contributed by atoms with Crippen molar-refractivity contribution in [3.63, 3.8) is 0 Å². The van der Waals surface area contributed by atoms with Gasteiger partial charge in [0.1, 0.15) is 0 Å². The Morgan fingerprint density at radius 3 is 2.71 bits per heavy atom. The maximum atomic E-state index is 11.5. The number of carbonyl (C=O) groups is 1. The van der Waals surface area contributed by atoms with Crippen molar-refractivity contribution in [2.24, 2.45) is 0 Å². The zero-order valence-electron chi connectivity index (χ0n) is 12.0. The van der Waals surface area contributed by atoms with Gasteiger partial charge >= 0.3 is 0 Å². The summed E-state index contributed by atoms with van der Waals surface area (Å²) in [6.45, 7) is 2.09. The van der Waals surface area contributed by atoms with Gasteiger partial charge in [0.25, 0.3) is 0 Å². The molecule has 21 heavy (non-hydrogen) atoms. The summed E-state index contributed by atoms with van der Waals surface area (Å²) in [6, 6.07) is 9.62. The fourth-order valence-electron chi connectivity index (χ4n) is 1.80. The summed E-state index contributed by atoms with van der Waals surface area (Å²) in [4.78, 5) is 15.8. The van der Waals surface area contributed by atoms with Crippen molar-refractivity contribution in [3.05, 3.63) is 47.6 Å². The molecule has 114 valence electrons. The Balaban J connectivity index is 0.00000220. The quantitative estimate of drug-likeness (QED) is 0.845. The fourth-order valence-corrected chi connectivity index (χ4v) is 1.80. The molecule has 6 nitrogen and oxygen atoms in total. The predicted octanol–water partition coefficient (Wildman–Crippen LogP) is 1.48. The number of nitrogens with zero attached hydrogens (tertiary/aromatic N) is 2. The molecule has 2 aromatic rings. The zero-order valence-corrected chi connectivity index (χ0v) is 12.8. The van der Waals surface area contributed by atoms with Gasteiger partial charge in [-0.2, -0.15) is 4.98 Å². The molecule has 1 atom stereocenters. The number of hydrogen-bond acceptors (Lipinski definition) is 5. The Labute approximate surface area is 129 Å². The van der Waals surface area contributed by atoms with Crippen molar-refractivity contribution in [3.8, 4) is 0 Å². The first-order valence-electron chi connectivity index (χ1n) is 6.49. The lowest BCUT2D eigenvalue weighted by atomic mass is 10.1. The molecule has 0 saturated heterocycles. The van der Waals surface area contributed by atoms with Crippen LogP contribution in [0.25, 0.3) is 0 Å². The van der Waals surface area contributed by atoms with Gasteiger partial charge in [-0.15, -0.1) is 12.4 Å². The maximum absolute atomic E-state index is 11.5. The number of carbonyl (C=O) groups excluding carboxylic acids is 1. The highest BCUT2D eigenvalue weighted by Crippen LogP contribution is 2.11. The molecule has 1 unspecified atom stereocenters. The average Bonchev–Trinajstić information content (AvgIpc) is 2.89. The predicted molar refractivity (Wildman–Crippen MR) is 81.3 cm³/mol. The van der Waals surface area contributed by atoms with Gasteiger partial charge in [0, 0.05) is 0 Å². The van der Waals surface area contributed by atoms with E-state index < -0.39 is 0 Å². The van der Waals surface area contributed by atoms with Gasteiger partial charge in [0.15, 0.2) is 5.82 Å². The fraction of sp³-hybridized carbons (Fsp3) is 0.357. The van der Waals surface area contributed by atoms with E-state index in [1.807, 2.05) is 37.3 Å². The lowest BCUT2D eigenvalue weighted by Crippen LogP contribution is -2.34. The SMILES string of the molecule is CNCC(=O)NC(C)c1noc(Cc2ccccc2)n1.Cl. The molecule has 0 bridgehead atoms. The van der Waals surface area contributed by atoms with Crippen LogP contribution in [0.1, 0.15) is 30.2 Å². The number of nitrogens with one attached hydrogen (secondary N) is 2. The molecule has 2 N–H and O–H groups in total. The first-order chi connectivity index (χ1) is 9.69. The van der Waals surface area contributed by atoms with Crippen LogP contribution in [0.4, 0.5) is 0 Å². The van der Waals surface area contributed by atoms with Crippen LogP contribution < -0.4 is 10.6 Å². The van der Waals surface area contributed by atoms with Crippen LogP contribution in [0.2, 0.25) is 0 Å². The van der Waals surface area contributed by atoms with E-state index >= 15 is 0 Å². The second-order valence-corrected chi connectivity index (χ2v) is 4.53. The van der Waals surface area contributed by atoms with Crippen LogP contribution in [0.3, 0.4) is 0 Å². The third-order valence-electron chi connectivity index (χ3n) is 2.78. The Bertz CT molecular complexity index is 559. The van der Waals surface area contributed by atoms with E-state index in [4.69, 9.17) is 4.52 Å². The normalized spacial score (nSPS) is 11.5. The summed E-state index contributed by atoms with van der Waals surface area (Å²) in [5.74, 6) is 0.927. The number of halogens is 1. The Kier molecular flexibility index (Phi) is 6.84. The molecule has 0 aliphatic heterocycles. The number of likely N-dealkylation sites (N-methyl/N-ethyl adjacent to an activating group) is 1. The molecule has 0 radical (unpaired) electrons. The van der Waals surface area contributed by atoms with E-state index in [9.17, 15) is 4.79 Å². The zero-order chi connectivity index (χ0) is 14.4. The van der Waals surface area contributed by atoms with Crippen LogP contribution in [-0.4, -0.2) is 29.6 Å². The minimum atomic E-state index is -0.274. The first kappa shape index (κ1) is 17.1. The van der Waals surface area contributed by atoms with Crippen molar-refractivity contribution < 1.29 is 9.32 Å². The van der Waals surface area contributed by atoms with Crippen LogP contribution >= 0.6 is 12.4 Å². The molecule has 1 amide bonds. The van der Waals surface area contributed by atoms with Crippen LogP contribution in [-0.2, 0) is 11.2 Å². The summed E-state index contributed by atoms with van der Waals surface area (Å²) < 4.78 is 5.20. The van der Waals surface area contributed by atoms with Crippen LogP contribution in [0.5, 0.6) is 0 Å².